The molecule has 2 heterocycles. The highest BCUT2D eigenvalue weighted by Crippen LogP contribution is 2.30. The molecular weight excluding hydrogens is 314 g/mol. The van der Waals surface area contributed by atoms with Gasteiger partial charge < -0.3 is 10.1 Å². The van der Waals surface area contributed by atoms with E-state index in [2.05, 4.69) is 20.4 Å². The normalized spacial score (nSPS) is 10.8. The topological polar surface area (TPSA) is 64.3 Å². The molecule has 0 unspecified atom stereocenters. The SMILES string of the molecule is COc1ccc(C)cc1Nc1cc(-c2ccccc2)nc2ncnn12. The maximum Gasteiger partial charge on any atom is 0.254 e. The molecule has 0 aliphatic heterocycles. The van der Waals surface area contributed by atoms with Crippen LogP contribution < -0.4 is 10.1 Å². The van der Waals surface area contributed by atoms with Crippen LogP contribution in [0, 0.1) is 6.92 Å². The Morgan fingerprint density at radius 3 is 2.68 bits per heavy atom. The molecule has 2 aromatic heterocycles. The second-order valence-electron chi connectivity index (χ2n) is 5.69. The van der Waals surface area contributed by atoms with Gasteiger partial charge in [-0.15, -0.1) is 0 Å². The van der Waals surface area contributed by atoms with Crippen molar-refractivity contribution in [3.05, 3.63) is 66.5 Å². The number of aryl methyl sites for hydroxylation is 1. The molecule has 4 rings (SSSR count). The third-order valence-corrected chi connectivity index (χ3v) is 3.94. The summed E-state index contributed by atoms with van der Waals surface area (Å²) in [5.74, 6) is 2.07. The maximum atomic E-state index is 5.46. The molecule has 124 valence electrons. The van der Waals surface area contributed by atoms with Gasteiger partial charge in [0.05, 0.1) is 18.5 Å². The number of nitrogens with one attached hydrogen (secondary N) is 1. The largest absolute Gasteiger partial charge is 0.495 e. The molecule has 2 aromatic carbocycles. The van der Waals surface area contributed by atoms with Crippen molar-refractivity contribution in [1.82, 2.24) is 19.6 Å². The van der Waals surface area contributed by atoms with Gasteiger partial charge in [-0.3, -0.25) is 0 Å². The monoisotopic (exact) mass is 331 g/mol. The van der Waals surface area contributed by atoms with Crippen LogP contribution in [0.25, 0.3) is 17.0 Å². The van der Waals surface area contributed by atoms with E-state index in [0.29, 0.717) is 5.78 Å². The molecule has 6 nitrogen and oxygen atoms in total. The first-order valence-electron chi connectivity index (χ1n) is 7.92. The number of anilines is 2. The third kappa shape index (κ3) is 2.89. The fourth-order valence-corrected chi connectivity index (χ4v) is 2.72. The van der Waals surface area contributed by atoms with Crippen LogP contribution in [0.3, 0.4) is 0 Å². The lowest BCUT2D eigenvalue weighted by molar-refractivity contribution is 0.416. The first-order chi connectivity index (χ1) is 12.2. The second kappa shape index (κ2) is 6.24. The van der Waals surface area contributed by atoms with Crippen LogP contribution in [0.2, 0.25) is 0 Å². The molecular formula is C19H17N5O. The molecule has 0 atom stereocenters. The molecule has 4 aromatic rings. The fraction of sp³-hybridized carbons (Fsp3) is 0.105. The van der Waals surface area contributed by atoms with Crippen molar-refractivity contribution in [2.75, 3.05) is 12.4 Å². The zero-order chi connectivity index (χ0) is 17.2. The summed E-state index contributed by atoms with van der Waals surface area (Å²) < 4.78 is 7.13. The van der Waals surface area contributed by atoms with Crippen LogP contribution in [0.15, 0.2) is 60.9 Å². The number of rotatable bonds is 4. The van der Waals surface area contributed by atoms with Crippen LogP contribution in [0.5, 0.6) is 5.75 Å². The first-order valence-corrected chi connectivity index (χ1v) is 7.92. The van der Waals surface area contributed by atoms with E-state index in [1.165, 1.54) is 6.33 Å². The van der Waals surface area contributed by atoms with Crippen molar-refractivity contribution < 1.29 is 4.74 Å². The Hall–Kier alpha value is -3.41. The minimum absolute atomic E-state index is 0.537. The second-order valence-corrected chi connectivity index (χ2v) is 5.69. The zero-order valence-electron chi connectivity index (χ0n) is 14.0. The van der Waals surface area contributed by atoms with Crippen LogP contribution in [0.1, 0.15) is 5.56 Å². The predicted molar refractivity (Wildman–Crippen MR) is 97.2 cm³/mol. The number of benzene rings is 2. The molecule has 6 heteroatoms. The van der Waals surface area contributed by atoms with Crippen LogP contribution in [0.4, 0.5) is 11.5 Å². The quantitative estimate of drug-likeness (QED) is 0.615. The average molecular weight is 331 g/mol. The lowest BCUT2D eigenvalue weighted by Gasteiger charge is -2.13. The van der Waals surface area contributed by atoms with E-state index in [1.54, 1.807) is 11.6 Å². The van der Waals surface area contributed by atoms with Gasteiger partial charge in [0.1, 0.15) is 17.9 Å². The van der Waals surface area contributed by atoms with Gasteiger partial charge in [-0.2, -0.15) is 14.6 Å². The number of ether oxygens (including phenoxy) is 1. The van der Waals surface area contributed by atoms with Crippen LogP contribution in [-0.2, 0) is 0 Å². The molecule has 0 saturated heterocycles. The van der Waals surface area contributed by atoms with Gasteiger partial charge >= 0.3 is 0 Å². The zero-order valence-corrected chi connectivity index (χ0v) is 14.0. The van der Waals surface area contributed by atoms with Gasteiger partial charge in [0.15, 0.2) is 0 Å². The standard InChI is InChI=1S/C19H17N5O/c1-13-8-9-17(25-2)16(10-13)22-18-11-15(14-6-4-3-5-7-14)23-19-20-12-21-24(18)19/h3-12,22H,1-2H3. The number of methoxy groups -OCH3 is 1. The molecule has 0 aliphatic carbocycles. The summed E-state index contributed by atoms with van der Waals surface area (Å²) in [6, 6.07) is 17.9. The van der Waals surface area contributed by atoms with Crippen molar-refractivity contribution in [3.8, 4) is 17.0 Å². The van der Waals surface area contributed by atoms with Crippen molar-refractivity contribution in [2.45, 2.75) is 6.92 Å². The number of hydrogen-bond acceptors (Lipinski definition) is 5. The number of hydrogen-bond donors (Lipinski definition) is 1. The van der Waals surface area contributed by atoms with Crippen molar-refractivity contribution in [2.24, 2.45) is 0 Å². The van der Waals surface area contributed by atoms with E-state index in [4.69, 9.17) is 4.74 Å². The molecule has 0 amide bonds. The number of aromatic nitrogens is 4. The van der Waals surface area contributed by atoms with Crippen LogP contribution >= 0.6 is 0 Å². The van der Waals surface area contributed by atoms with E-state index in [1.807, 2.05) is 61.5 Å². The molecule has 0 aliphatic rings. The average Bonchev–Trinajstić information content (AvgIpc) is 3.11. The fourth-order valence-electron chi connectivity index (χ4n) is 2.72. The first kappa shape index (κ1) is 15.1. The maximum absolute atomic E-state index is 5.46. The third-order valence-electron chi connectivity index (χ3n) is 3.94. The summed E-state index contributed by atoms with van der Waals surface area (Å²) in [6.45, 7) is 2.04. The Morgan fingerprint density at radius 2 is 1.88 bits per heavy atom. The Balaban J connectivity index is 1.84. The molecule has 1 N–H and O–H groups in total. The lowest BCUT2D eigenvalue weighted by Crippen LogP contribution is -2.04. The van der Waals surface area contributed by atoms with E-state index in [0.717, 1.165) is 34.1 Å². The van der Waals surface area contributed by atoms with Gasteiger partial charge in [0.25, 0.3) is 5.78 Å². The van der Waals surface area contributed by atoms with Crippen molar-refractivity contribution >= 4 is 17.3 Å². The van der Waals surface area contributed by atoms with Gasteiger partial charge in [-0.25, -0.2) is 4.98 Å². The van der Waals surface area contributed by atoms with E-state index >= 15 is 0 Å². The van der Waals surface area contributed by atoms with Gasteiger partial charge in [-0.05, 0) is 24.6 Å². The Bertz CT molecular complexity index is 1030. The smallest absolute Gasteiger partial charge is 0.254 e. The van der Waals surface area contributed by atoms with Crippen molar-refractivity contribution in [3.63, 3.8) is 0 Å². The van der Waals surface area contributed by atoms with Crippen LogP contribution in [-0.4, -0.2) is 26.7 Å². The van der Waals surface area contributed by atoms with E-state index in [9.17, 15) is 0 Å². The minimum atomic E-state index is 0.537. The summed E-state index contributed by atoms with van der Waals surface area (Å²) >= 11 is 0. The summed E-state index contributed by atoms with van der Waals surface area (Å²) in [5.41, 5.74) is 3.85. The lowest BCUT2D eigenvalue weighted by atomic mass is 10.1. The Kier molecular flexibility index (Phi) is 3.78. The highest BCUT2D eigenvalue weighted by Gasteiger charge is 2.11. The summed E-state index contributed by atoms with van der Waals surface area (Å²) in [5, 5.41) is 7.67. The molecule has 0 radical (unpaired) electrons. The number of nitrogens with zero attached hydrogens (tertiary/aromatic N) is 4. The predicted octanol–water partition coefficient (Wildman–Crippen LogP) is 3.85. The van der Waals surface area contributed by atoms with Gasteiger partial charge in [-0.1, -0.05) is 36.4 Å². The molecule has 0 fully saturated rings. The van der Waals surface area contributed by atoms with E-state index in [-0.39, 0.29) is 0 Å². The number of fused-ring (bicyclic) bond motifs is 1. The molecule has 25 heavy (non-hydrogen) atoms. The summed E-state index contributed by atoms with van der Waals surface area (Å²) in [4.78, 5) is 8.82. The highest BCUT2D eigenvalue weighted by molar-refractivity contribution is 5.71. The summed E-state index contributed by atoms with van der Waals surface area (Å²) in [6.07, 6.45) is 1.50. The Morgan fingerprint density at radius 1 is 1.04 bits per heavy atom. The minimum Gasteiger partial charge on any atom is -0.495 e. The van der Waals surface area contributed by atoms with Crippen molar-refractivity contribution in [1.29, 1.82) is 0 Å². The Labute approximate surface area is 145 Å². The molecule has 0 saturated carbocycles. The van der Waals surface area contributed by atoms with Gasteiger partial charge in [0.2, 0.25) is 0 Å². The highest BCUT2D eigenvalue weighted by atomic mass is 16.5. The summed E-state index contributed by atoms with van der Waals surface area (Å²) in [7, 11) is 1.66. The van der Waals surface area contributed by atoms with E-state index < -0.39 is 0 Å². The van der Waals surface area contributed by atoms with Gasteiger partial charge in [0, 0.05) is 11.6 Å². The molecule has 0 spiro atoms. The molecule has 0 bridgehead atoms.